The monoisotopic (exact) mass is 326 g/mol. The number of hydrogen-bond donors (Lipinski definition) is 0. The van der Waals surface area contributed by atoms with Crippen molar-refractivity contribution in [3.05, 3.63) is 11.6 Å². The molecule has 0 radical (unpaired) electrons. The predicted octanol–water partition coefficient (Wildman–Crippen LogP) is 3.95. The number of rotatable bonds is 5. The van der Waals surface area contributed by atoms with Crippen LogP contribution >= 0.6 is 11.3 Å². The number of nitrogens with zero attached hydrogens (tertiary/aromatic N) is 2. The smallest absolute Gasteiger partial charge is 0.410 e. The predicted molar refractivity (Wildman–Crippen MR) is 87.4 cm³/mol. The van der Waals surface area contributed by atoms with E-state index in [1.807, 2.05) is 31.1 Å². The molecule has 5 nitrogen and oxygen atoms in total. The van der Waals surface area contributed by atoms with Crippen molar-refractivity contribution >= 4 is 17.4 Å². The van der Waals surface area contributed by atoms with Gasteiger partial charge in [0.1, 0.15) is 5.60 Å². The first-order valence-corrected chi connectivity index (χ1v) is 8.82. The Balaban J connectivity index is 1.68. The molecule has 1 unspecified atom stereocenters. The molecule has 0 bridgehead atoms. The number of aromatic nitrogens is 1. The number of ether oxygens (including phenoxy) is 2. The molecule has 1 fully saturated rings. The maximum absolute atomic E-state index is 12.1. The van der Waals surface area contributed by atoms with Gasteiger partial charge in [0, 0.05) is 24.7 Å². The summed E-state index contributed by atoms with van der Waals surface area (Å²) >= 11 is 1.52. The third-order valence-corrected chi connectivity index (χ3v) is 4.25. The molecular weight excluding hydrogens is 300 g/mol. The van der Waals surface area contributed by atoms with Crippen LogP contribution in [-0.4, -0.2) is 41.3 Å². The van der Waals surface area contributed by atoms with Crippen LogP contribution in [0.3, 0.4) is 0 Å². The van der Waals surface area contributed by atoms with Gasteiger partial charge >= 0.3 is 6.09 Å². The molecule has 1 aromatic heterocycles. The summed E-state index contributed by atoms with van der Waals surface area (Å²) < 4.78 is 11.0. The van der Waals surface area contributed by atoms with Gasteiger partial charge in [-0.05, 0) is 52.4 Å². The lowest BCUT2D eigenvalue weighted by Gasteiger charge is -2.34. The quantitative estimate of drug-likeness (QED) is 0.769. The molecule has 0 spiro atoms. The van der Waals surface area contributed by atoms with Crippen molar-refractivity contribution in [2.24, 2.45) is 5.92 Å². The number of carbonyl (C=O) groups is 1. The lowest BCUT2D eigenvalue weighted by molar-refractivity contribution is 0.0159. The highest BCUT2D eigenvalue weighted by Gasteiger charge is 2.27. The molecule has 1 aromatic rings. The SMILES string of the molecule is CC(C)(C)OC(=O)N1CCCC(CCCOc2nccs2)C1. The van der Waals surface area contributed by atoms with Crippen molar-refractivity contribution in [1.29, 1.82) is 0 Å². The Hall–Kier alpha value is -1.30. The summed E-state index contributed by atoms with van der Waals surface area (Å²) in [5, 5.41) is 2.65. The molecule has 1 aliphatic rings. The highest BCUT2D eigenvalue weighted by atomic mass is 32.1. The third-order valence-electron chi connectivity index (χ3n) is 3.56. The van der Waals surface area contributed by atoms with E-state index >= 15 is 0 Å². The van der Waals surface area contributed by atoms with Crippen LogP contribution in [0.4, 0.5) is 4.79 Å². The first-order chi connectivity index (χ1) is 10.4. The van der Waals surface area contributed by atoms with Crippen LogP contribution in [0, 0.1) is 5.92 Å². The van der Waals surface area contributed by atoms with Gasteiger partial charge in [-0.25, -0.2) is 9.78 Å². The summed E-state index contributed by atoms with van der Waals surface area (Å²) in [5.41, 5.74) is -0.425. The van der Waals surface area contributed by atoms with Gasteiger partial charge in [0.05, 0.1) is 6.61 Å². The van der Waals surface area contributed by atoms with Gasteiger partial charge in [0.15, 0.2) is 0 Å². The Morgan fingerprint density at radius 1 is 1.50 bits per heavy atom. The van der Waals surface area contributed by atoms with Gasteiger partial charge < -0.3 is 14.4 Å². The van der Waals surface area contributed by atoms with E-state index in [9.17, 15) is 4.79 Å². The van der Waals surface area contributed by atoms with Crippen molar-refractivity contribution in [2.45, 2.75) is 52.1 Å². The number of hydrogen-bond acceptors (Lipinski definition) is 5. The first-order valence-electron chi connectivity index (χ1n) is 7.94. The molecule has 0 N–H and O–H groups in total. The van der Waals surface area contributed by atoms with Crippen molar-refractivity contribution in [2.75, 3.05) is 19.7 Å². The second kappa shape index (κ2) is 7.81. The summed E-state index contributed by atoms with van der Waals surface area (Å²) in [6.45, 7) is 8.01. The van der Waals surface area contributed by atoms with Gasteiger partial charge in [-0.1, -0.05) is 11.3 Å². The fourth-order valence-electron chi connectivity index (χ4n) is 2.61. The molecule has 124 valence electrons. The van der Waals surface area contributed by atoms with Gasteiger partial charge in [-0.2, -0.15) is 0 Å². The molecule has 22 heavy (non-hydrogen) atoms. The Bertz CT molecular complexity index is 456. The number of amides is 1. The summed E-state index contributed by atoms with van der Waals surface area (Å²) in [6, 6.07) is 0. The molecule has 1 amide bonds. The minimum absolute atomic E-state index is 0.184. The summed E-state index contributed by atoms with van der Waals surface area (Å²) in [4.78, 5) is 18.1. The van der Waals surface area contributed by atoms with Gasteiger partial charge in [0.25, 0.3) is 5.19 Å². The van der Waals surface area contributed by atoms with E-state index in [-0.39, 0.29) is 6.09 Å². The second-order valence-electron chi connectivity index (χ2n) is 6.72. The van der Waals surface area contributed by atoms with E-state index in [0.717, 1.165) is 37.5 Å². The average Bonchev–Trinajstić information content (AvgIpc) is 2.95. The molecule has 2 rings (SSSR count). The average molecular weight is 326 g/mol. The standard InChI is InChI=1S/C16H26N2O3S/c1-16(2,3)21-15(19)18-9-4-6-13(12-18)7-5-10-20-14-17-8-11-22-14/h8,11,13H,4-7,9-10,12H2,1-3H3. The Kier molecular flexibility index (Phi) is 6.06. The minimum atomic E-state index is -0.425. The van der Waals surface area contributed by atoms with E-state index in [4.69, 9.17) is 9.47 Å². The maximum atomic E-state index is 12.1. The molecule has 1 saturated heterocycles. The van der Waals surface area contributed by atoms with Crippen LogP contribution < -0.4 is 4.74 Å². The summed E-state index contributed by atoms with van der Waals surface area (Å²) in [7, 11) is 0. The lowest BCUT2D eigenvalue weighted by Crippen LogP contribution is -2.42. The van der Waals surface area contributed by atoms with Crippen LogP contribution in [0.15, 0.2) is 11.6 Å². The van der Waals surface area contributed by atoms with E-state index in [2.05, 4.69) is 4.98 Å². The number of piperidine rings is 1. The number of likely N-dealkylation sites (tertiary alicyclic amines) is 1. The third kappa shape index (κ3) is 5.83. The van der Waals surface area contributed by atoms with Crippen molar-refractivity contribution in [1.82, 2.24) is 9.88 Å². The van der Waals surface area contributed by atoms with Crippen LogP contribution in [0.5, 0.6) is 5.19 Å². The van der Waals surface area contributed by atoms with Gasteiger partial charge in [-0.3, -0.25) is 0 Å². The van der Waals surface area contributed by atoms with E-state index < -0.39 is 5.60 Å². The Morgan fingerprint density at radius 2 is 2.32 bits per heavy atom. The molecule has 0 saturated carbocycles. The minimum Gasteiger partial charge on any atom is -0.470 e. The molecule has 1 atom stereocenters. The van der Waals surface area contributed by atoms with Crippen LogP contribution in [-0.2, 0) is 4.74 Å². The molecule has 0 aliphatic carbocycles. The topological polar surface area (TPSA) is 51.7 Å². The fraction of sp³-hybridized carbons (Fsp3) is 0.750. The highest BCUT2D eigenvalue weighted by Crippen LogP contribution is 2.23. The van der Waals surface area contributed by atoms with Gasteiger partial charge in [-0.15, -0.1) is 0 Å². The second-order valence-corrected chi connectivity index (χ2v) is 7.58. The normalized spacial score (nSPS) is 19.0. The van der Waals surface area contributed by atoms with Crippen molar-refractivity contribution in [3.63, 3.8) is 0 Å². The highest BCUT2D eigenvalue weighted by molar-refractivity contribution is 7.11. The van der Waals surface area contributed by atoms with Crippen LogP contribution in [0.1, 0.15) is 46.5 Å². The van der Waals surface area contributed by atoms with E-state index in [0.29, 0.717) is 12.5 Å². The molecule has 1 aliphatic heterocycles. The summed E-state index contributed by atoms with van der Waals surface area (Å²) in [5.74, 6) is 0.543. The first kappa shape index (κ1) is 17.1. The molecule has 2 heterocycles. The zero-order valence-corrected chi connectivity index (χ0v) is 14.5. The molecule has 6 heteroatoms. The zero-order chi connectivity index (χ0) is 16.0. The molecular formula is C16H26N2O3S. The fourth-order valence-corrected chi connectivity index (χ4v) is 3.12. The Morgan fingerprint density at radius 3 is 3.00 bits per heavy atom. The van der Waals surface area contributed by atoms with Crippen molar-refractivity contribution < 1.29 is 14.3 Å². The van der Waals surface area contributed by atoms with E-state index in [1.165, 1.54) is 17.8 Å². The van der Waals surface area contributed by atoms with E-state index in [1.54, 1.807) is 6.20 Å². The van der Waals surface area contributed by atoms with Crippen molar-refractivity contribution in [3.8, 4) is 5.19 Å². The van der Waals surface area contributed by atoms with Gasteiger partial charge in [0.2, 0.25) is 0 Å². The van der Waals surface area contributed by atoms with Crippen LogP contribution in [0.2, 0.25) is 0 Å². The zero-order valence-electron chi connectivity index (χ0n) is 13.7. The van der Waals surface area contributed by atoms with Crippen LogP contribution in [0.25, 0.3) is 0 Å². The number of carbonyl (C=O) groups excluding carboxylic acids is 1. The largest absolute Gasteiger partial charge is 0.470 e. The summed E-state index contributed by atoms with van der Waals surface area (Å²) in [6.07, 6.45) is 5.86. The Labute approximate surface area is 136 Å². The number of thiazole rings is 1. The maximum Gasteiger partial charge on any atom is 0.410 e. The lowest BCUT2D eigenvalue weighted by atomic mass is 9.94. The molecule has 0 aromatic carbocycles.